The van der Waals surface area contributed by atoms with Gasteiger partial charge in [0.2, 0.25) is 5.91 Å². The maximum atomic E-state index is 13.0. The molecule has 4 heteroatoms. The molecule has 4 rings (SSSR count). The van der Waals surface area contributed by atoms with E-state index in [1.54, 1.807) is 0 Å². The number of nitrogens with one attached hydrogen (secondary N) is 2. The third-order valence-corrected chi connectivity index (χ3v) is 5.76. The molecule has 24 heavy (non-hydrogen) atoms. The molecule has 0 bridgehead atoms. The average Bonchev–Trinajstić information content (AvgIpc) is 3.43. The normalized spacial score (nSPS) is 24.6. The van der Waals surface area contributed by atoms with Crippen LogP contribution in [0.5, 0.6) is 0 Å². The molecule has 0 spiro atoms. The molecule has 0 radical (unpaired) electrons. The maximum absolute atomic E-state index is 13.0. The van der Waals surface area contributed by atoms with Crippen molar-refractivity contribution < 1.29 is 4.79 Å². The topological polar surface area (TPSA) is 57.8 Å². The number of amides is 1. The van der Waals surface area contributed by atoms with Gasteiger partial charge in [-0.05, 0) is 43.2 Å². The standard InChI is InChI=1S/C20H25N3O/c1-13-4-8-15(9-5-13)20(12-19(20,2)3)18(24)21-11-16-10-17(23-22-16)14-6-7-14/h4-5,8-10,14H,6-7,11-12H2,1-3H3,(H,21,24)(H,22,23)/t20-/m1/s1. The Kier molecular flexibility index (Phi) is 3.34. The molecule has 0 unspecified atom stereocenters. The highest BCUT2D eigenvalue weighted by Gasteiger charge is 2.66. The van der Waals surface area contributed by atoms with E-state index >= 15 is 0 Å². The smallest absolute Gasteiger partial charge is 0.231 e. The molecule has 1 heterocycles. The predicted octanol–water partition coefficient (Wildman–Crippen LogP) is 3.58. The van der Waals surface area contributed by atoms with Crippen molar-refractivity contribution in [2.45, 2.75) is 57.9 Å². The second-order valence-corrected chi connectivity index (χ2v) is 8.11. The minimum absolute atomic E-state index is 0.000496. The predicted molar refractivity (Wildman–Crippen MR) is 93.7 cm³/mol. The number of carbonyl (C=O) groups is 1. The zero-order valence-electron chi connectivity index (χ0n) is 14.6. The van der Waals surface area contributed by atoms with Gasteiger partial charge in [-0.3, -0.25) is 9.89 Å². The summed E-state index contributed by atoms with van der Waals surface area (Å²) >= 11 is 0. The van der Waals surface area contributed by atoms with Gasteiger partial charge in [0.1, 0.15) is 0 Å². The van der Waals surface area contributed by atoms with Crippen molar-refractivity contribution >= 4 is 5.91 Å². The van der Waals surface area contributed by atoms with Crippen molar-refractivity contribution in [1.82, 2.24) is 15.5 Å². The molecule has 2 N–H and O–H groups in total. The third kappa shape index (κ3) is 2.45. The van der Waals surface area contributed by atoms with E-state index in [0.717, 1.165) is 23.4 Å². The van der Waals surface area contributed by atoms with Crippen molar-refractivity contribution in [3.05, 3.63) is 52.8 Å². The summed E-state index contributed by atoms with van der Waals surface area (Å²) in [5, 5.41) is 10.5. The van der Waals surface area contributed by atoms with Gasteiger partial charge in [-0.1, -0.05) is 43.7 Å². The minimum atomic E-state index is -0.403. The molecular weight excluding hydrogens is 298 g/mol. The fraction of sp³-hybridized carbons (Fsp3) is 0.500. The Morgan fingerprint density at radius 2 is 1.96 bits per heavy atom. The van der Waals surface area contributed by atoms with E-state index in [4.69, 9.17) is 0 Å². The molecule has 2 aliphatic carbocycles. The Bertz CT molecular complexity index is 770. The van der Waals surface area contributed by atoms with Gasteiger partial charge in [-0.2, -0.15) is 5.10 Å². The first-order valence-electron chi connectivity index (χ1n) is 8.82. The van der Waals surface area contributed by atoms with Gasteiger partial charge >= 0.3 is 0 Å². The molecule has 2 saturated carbocycles. The van der Waals surface area contributed by atoms with Gasteiger partial charge in [0, 0.05) is 5.92 Å². The van der Waals surface area contributed by atoms with Gasteiger partial charge in [0.25, 0.3) is 0 Å². The Labute approximate surface area is 143 Å². The van der Waals surface area contributed by atoms with E-state index in [2.05, 4.69) is 66.6 Å². The lowest BCUT2D eigenvalue weighted by molar-refractivity contribution is -0.124. The van der Waals surface area contributed by atoms with Crippen molar-refractivity contribution in [2.75, 3.05) is 0 Å². The SMILES string of the molecule is Cc1ccc([C@@]2(C(=O)NCc3cc(C4CC4)n[nH]3)CC2(C)C)cc1. The fourth-order valence-electron chi connectivity index (χ4n) is 3.85. The van der Waals surface area contributed by atoms with Crippen LogP contribution in [-0.2, 0) is 16.8 Å². The lowest BCUT2D eigenvalue weighted by Gasteiger charge is -2.20. The van der Waals surface area contributed by atoms with Gasteiger partial charge in [-0.25, -0.2) is 0 Å². The van der Waals surface area contributed by atoms with Crippen LogP contribution in [0.15, 0.2) is 30.3 Å². The molecule has 1 aromatic carbocycles. The summed E-state index contributed by atoms with van der Waals surface area (Å²) in [6.07, 6.45) is 3.37. The zero-order chi connectivity index (χ0) is 16.9. The molecule has 0 aliphatic heterocycles. The van der Waals surface area contributed by atoms with E-state index < -0.39 is 5.41 Å². The summed E-state index contributed by atoms with van der Waals surface area (Å²) in [5.41, 5.74) is 4.07. The van der Waals surface area contributed by atoms with Gasteiger partial charge in [-0.15, -0.1) is 0 Å². The van der Waals surface area contributed by atoms with Crippen LogP contribution in [0.4, 0.5) is 0 Å². The van der Waals surface area contributed by atoms with E-state index in [9.17, 15) is 4.79 Å². The first-order valence-corrected chi connectivity index (χ1v) is 8.82. The highest BCUT2D eigenvalue weighted by molar-refractivity contribution is 5.93. The summed E-state index contributed by atoms with van der Waals surface area (Å²) in [6, 6.07) is 10.5. The molecule has 2 aromatic rings. The van der Waals surface area contributed by atoms with Gasteiger partial charge in [0.05, 0.1) is 23.3 Å². The maximum Gasteiger partial charge on any atom is 0.231 e. The minimum Gasteiger partial charge on any atom is -0.350 e. The number of carbonyl (C=O) groups excluding carboxylic acids is 1. The fourth-order valence-corrected chi connectivity index (χ4v) is 3.85. The molecule has 2 fully saturated rings. The van der Waals surface area contributed by atoms with E-state index in [0.29, 0.717) is 12.5 Å². The van der Waals surface area contributed by atoms with Gasteiger partial charge < -0.3 is 5.32 Å². The Morgan fingerprint density at radius 3 is 2.54 bits per heavy atom. The molecule has 1 aromatic heterocycles. The second-order valence-electron chi connectivity index (χ2n) is 8.11. The first kappa shape index (κ1) is 15.4. The van der Waals surface area contributed by atoms with Crippen LogP contribution in [0.1, 0.15) is 61.5 Å². The van der Waals surface area contributed by atoms with Crippen LogP contribution in [0, 0.1) is 12.3 Å². The van der Waals surface area contributed by atoms with Crippen molar-refractivity contribution in [3.63, 3.8) is 0 Å². The summed E-state index contributed by atoms with van der Waals surface area (Å²) in [5.74, 6) is 0.755. The number of aromatic nitrogens is 2. The molecule has 4 nitrogen and oxygen atoms in total. The Hall–Kier alpha value is -2.10. The largest absolute Gasteiger partial charge is 0.350 e. The molecule has 1 amide bonds. The second kappa shape index (κ2) is 5.20. The number of aryl methyl sites for hydroxylation is 1. The number of rotatable bonds is 5. The monoisotopic (exact) mass is 323 g/mol. The molecule has 126 valence electrons. The van der Waals surface area contributed by atoms with E-state index in [1.807, 2.05) is 0 Å². The van der Waals surface area contributed by atoms with Crippen LogP contribution >= 0.6 is 0 Å². The number of hydrogen-bond acceptors (Lipinski definition) is 2. The first-order chi connectivity index (χ1) is 11.4. The Balaban J connectivity index is 1.49. The lowest BCUT2D eigenvalue weighted by Crippen LogP contribution is -2.37. The zero-order valence-corrected chi connectivity index (χ0v) is 14.6. The third-order valence-electron chi connectivity index (χ3n) is 5.76. The number of aromatic amines is 1. The molecule has 2 aliphatic rings. The van der Waals surface area contributed by atoms with Crippen molar-refractivity contribution in [2.24, 2.45) is 5.41 Å². The quantitative estimate of drug-likeness (QED) is 0.883. The number of benzene rings is 1. The van der Waals surface area contributed by atoms with Crippen molar-refractivity contribution in [3.8, 4) is 0 Å². The number of nitrogens with zero attached hydrogens (tertiary/aromatic N) is 1. The Morgan fingerprint density at radius 1 is 1.29 bits per heavy atom. The van der Waals surface area contributed by atoms with E-state index in [1.165, 1.54) is 18.4 Å². The van der Waals surface area contributed by atoms with Crippen LogP contribution in [0.25, 0.3) is 0 Å². The highest BCUT2D eigenvalue weighted by atomic mass is 16.2. The van der Waals surface area contributed by atoms with Crippen LogP contribution in [0.3, 0.4) is 0 Å². The molecule has 0 saturated heterocycles. The summed E-state index contributed by atoms with van der Waals surface area (Å²) in [6.45, 7) is 6.94. The molecular formula is C20H25N3O. The highest BCUT2D eigenvalue weighted by Crippen LogP contribution is 2.64. The summed E-state index contributed by atoms with van der Waals surface area (Å²) < 4.78 is 0. The average molecular weight is 323 g/mol. The number of H-pyrrole nitrogens is 1. The lowest BCUT2D eigenvalue weighted by atomic mass is 9.86. The van der Waals surface area contributed by atoms with Crippen LogP contribution in [-0.4, -0.2) is 16.1 Å². The van der Waals surface area contributed by atoms with Crippen LogP contribution < -0.4 is 5.32 Å². The summed E-state index contributed by atoms with van der Waals surface area (Å²) in [4.78, 5) is 13.0. The molecule has 1 atom stereocenters. The van der Waals surface area contributed by atoms with Crippen molar-refractivity contribution in [1.29, 1.82) is 0 Å². The van der Waals surface area contributed by atoms with Crippen LogP contribution in [0.2, 0.25) is 0 Å². The number of hydrogen-bond donors (Lipinski definition) is 2. The summed E-state index contributed by atoms with van der Waals surface area (Å²) in [7, 11) is 0. The van der Waals surface area contributed by atoms with E-state index in [-0.39, 0.29) is 11.3 Å². The van der Waals surface area contributed by atoms with Gasteiger partial charge in [0.15, 0.2) is 0 Å².